The Morgan fingerprint density at radius 1 is 1.53 bits per heavy atom. The molecule has 0 aromatic heterocycles. The molecule has 0 heterocycles. The van der Waals surface area contributed by atoms with E-state index in [1.54, 1.807) is 0 Å². The minimum Gasteiger partial charge on any atom is -0.465 e. The lowest BCUT2D eigenvalue weighted by Crippen LogP contribution is -2.19. The van der Waals surface area contributed by atoms with Crippen molar-refractivity contribution in [1.82, 2.24) is 0 Å². The van der Waals surface area contributed by atoms with Crippen LogP contribution in [-0.4, -0.2) is 35.1 Å². The molecule has 4 nitrogen and oxygen atoms in total. The molecule has 2 unspecified atom stereocenters. The van der Waals surface area contributed by atoms with Gasteiger partial charge in [0, 0.05) is 5.75 Å². The maximum Gasteiger partial charge on any atom is 0.339 e. The van der Waals surface area contributed by atoms with Crippen molar-refractivity contribution in [3.8, 4) is 0 Å². The van der Waals surface area contributed by atoms with Crippen LogP contribution in [0.5, 0.6) is 0 Å². The Balaban J connectivity index is 3.00. The number of hydrogen-bond donors (Lipinski definition) is 3. The molecular weight excluding hydrogens is 264 g/mol. The van der Waals surface area contributed by atoms with Crippen molar-refractivity contribution in [3.63, 3.8) is 0 Å². The lowest BCUT2D eigenvalue weighted by Gasteiger charge is -2.16. The van der Waals surface area contributed by atoms with Crippen molar-refractivity contribution >= 4 is 30.2 Å². The molecule has 1 rings (SSSR count). The zero-order valence-corrected chi connectivity index (χ0v) is 10.8. The van der Waals surface area contributed by atoms with Gasteiger partial charge >= 0.3 is 5.97 Å². The van der Waals surface area contributed by atoms with Crippen molar-refractivity contribution < 1.29 is 19.7 Å². The minimum absolute atomic E-state index is 0.123. The van der Waals surface area contributed by atoms with Crippen LogP contribution >= 0.6 is 24.2 Å². The van der Waals surface area contributed by atoms with Gasteiger partial charge in [-0.25, -0.2) is 4.79 Å². The van der Waals surface area contributed by atoms with Crippen LogP contribution in [0.1, 0.15) is 22.0 Å². The summed E-state index contributed by atoms with van der Waals surface area (Å²) in [7, 11) is 1.26. The highest BCUT2D eigenvalue weighted by Crippen LogP contribution is 2.24. The Morgan fingerprint density at radius 2 is 2.18 bits per heavy atom. The molecule has 0 spiro atoms. The molecule has 94 valence electrons. The van der Waals surface area contributed by atoms with Crippen LogP contribution in [0.25, 0.3) is 0 Å². The molecule has 0 saturated carbocycles. The second-order valence-electron chi connectivity index (χ2n) is 3.43. The SMILES string of the molecule is COC(=O)c1ccc(C(O)C(O)CS)cc1Cl. The quantitative estimate of drug-likeness (QED) is 0.575. The molecule has 0 aliphatic carbocycles. The molecule has 0 saturated heterocycles. The number of aliphatic hydroxyl groups excluding tert-OH is 2. The summed E-state index contributed by atoms with van der Waals surface area (Å²) in [4.78, 5) is 11.3. The van der Waals surface area contributed by atoms with Gasteiger partial charge in [0.15, 0.2) is 0 Å². The first-order valence-electron chi connectivity index (χ1n) is 4.86. The number of esters is 1. The van der Waals surface area contributed by atoms with Gasteiger partial charge in [0.1, 0.15) is 6.10 Å². The first kappa shape index (κ1) is 14.3. The lowest BCUT2D eigenvalue weighted by atomic mass is 10.0. The monoisotopic (exact) mass is 276 g/mol. The topological polar surface area (TPSA) is 66.8 Å². The predicted molar refractivity (Wildman–Crippen MR) is 67.6 cm³/mol. The molecule has 2 atom stereocenters. The highest BCUT2D eigenvalue weighted by Gasteiger charge is 2.19. The number of benzene rings is 1. The van der Waals surface area contributed by atoms with E-state index in [4.69, 9.17) is 11.6 Å². The molecule has 0 aliphatic heterocycles. The highest BCUT2D eigenvalue weighted by atomic mass is 35.5. The third-order valence-corrected chi connectivity index (χ3v) is 2.98. The largest absolute Gasteiger partial charge is 0.465 e. The van der Waals surface area contributed by atoms with Gasteiger partial charge in [-0.3, -0.25) is 0 Å². The summed E-state index contributed by atoms with van der Waals surface area (Å²) in [6.45, 7) is 0. The number of carbonyl (C=O) groups is 1. The normalized spacial score (nSPS) is 14.2. The average molecular weight is 277 g/mol. The molecule has 0 amide bonds. The fraction of sp³-hybridized carbons (Fsp3) is 0.364. The first-order chi connectivity index (χ1) is 8.01. The van der Waals surface area contributed by atoms with Gasteiger partial charge in [0.25, 0.3) is 0 Å². The summed E-state index contributed by atoms with van der Waals surface area (Å²) < 4.78 is 4.54. The van der Waals surface area contributed by atoms with E-state index in [1.807, 2.05) is 0 Å². The Bertz CT molecular complexity index is 410. The van der Waals surface area contributed by atoms with E-state index in [1.165, 1.54) is 25.3 Å². The van der Waals surface area contributed by atoms with Crippen LogP contribution in [-0.2, 0) is 4.74 Å². The molecule has 2 N–H and O–H groups in total. The van der Waals surface area contributed by atoms with Gasteiger partial charge in [-0.1, -0.05) is 17.7 Å². The predicted octanol–water partition coefficient (Wildman–Crippen LogP) is 1.45. The molecule has 0 bridgehead atoms. The molecule has 17 heavy (non-hydrogen) atoms. The third kappa shape index (κ3) is 3.35. The highest BCUT2D eigenvalue weighted by molar-refractivity contribution is 7.80. The van der Waals surface area contributed by atoms with Gasteiger partial charge in [0.2, 0.25) is 0 Å². The van der Waals surface area contributed by atoms with E-state index in [0.29, 0.717) is 5.56 Å². The first-order valence-corrected chi connectivity index (χ1v) is 5.87. The third-order valence-electron chi connectivity index (χ3n) is 2.29. The Morgan fingerprint density at radius 3 is 2.65 bits per heavy atom. The van der Waals surface area contributed by atoms with Crippen molar-refractivity contribution in [1.29, 1.82) is 0 Å². The fourth-order valence-electron chi connectivity index (χ4n) is 1.31. The van der Waals surface area contributed by atoms with Crippen molar-refractivity contribution in [3.05, 3.63) is 34.3 Å². The zero-order valence-electron chi connectivity index (χ0n) is 9.13. The second-order valence-corrected chi connectivity index (χ2v) is 4.20. The maximum atomic E-state index is 11.3. The number of halogens is 1. The summed E-state index contributed by atoms with van der Waals surface area (Å²) in [5, 5.41) is 19.3. The van der Waals surface area contributed by atoms with Gasteiger partial charge in [0.05, 0.1) is 23.8 Å². The fourth-order valence-corrected chi connectivity index (χ4v) is 1.78. The summed E-state index contributed by atoms with van der Waals surface area (Å²) in [5.74, 6) is -0.428. The van der Waals surface area contributed by atoms with Crippen LogP contribution in [0.4, 0.5) is 0 Å². The number of aliphatic hydroxyl groups is 2. The van der Waals surface area contributed by atoms with E-state index < -0.39 is 18.2 Å². The number of methoxy groups -OCH3 is 1. The van der Waals surface area contributed by atoms with Gasteiger partial charge in [-0.05, 0) is 17.7 Å². The van der Waals surface area contributed by atoms with Crippen LogP contribution in [0.15, 0.2) is 18.2 Å². The summed E-state index contributed by atoms with van der Waals surface area (Å²) in [6.07, 6.45) is -2.07. The van der Waals surface area contributed by atoms with Crippen molar-refractivity contribution in [2.45, 2.75) is 12.2 Å². The van der Waals surface area contributed by atoms with Crippen LogP contribution in [0.3, 0.4) is 0 Å². The molecule has 0 fully saturated rings. The summed E-state index contributed by atoms with van der Waals surface area (Å²) in [6, 6.07) is 4.37. The van der Waals surface area contributed by atoms with Crippen molar-refractivity contribution in [2.75, 3.05) is 12.9 Å². The van der Waals surface area contributed by atoms with E-state index in [-0.39, 0.29) is 16.3 Å². The summed E-state index contributed by atoms with van der Waals surface area (Å²) in [5.41, 5.74) is 0.634. The standard InChI is InChI=1S/C11H13ClO4S/c1-16-11(15)7-3-2-6(4-8(7)12)10(14)9(13)5-17/h2-4,9-10,13-14,17H,5H2,1H3. The average Bonchev–Trinajstić information content (AvgIpc) is 2.35. The van der Waals surface area contributed by atoms with Crippen LogP contribution in [0.2, 0.25) is 5.02 Å². The molecule has 0 aliphatic rings. The molecular formula is C11H13ClO4S. The Labute approximate surface area is 110 Å². The van der Waals surface area contributed by atoms with E-state index in [0.717, 1.165) is 0 Å². The Hall–Kier alpha value is -0.750. The summed E-state index contributed by atoms with van der Waals surface area (Å²) >= 11 is 9.76. The number of thiol groups is 1. The minimum atomic E-state index is -1.09. The van der Waals surface area contributed by atoms with E-state index in [2.05, 4.69) is 17.4 Å². The smallest absolute Gasteiger partial charge is 0.339 e. The van der Waals surface area contributed by atoms with E-state index in [9.17, 15) is 15.0 Å². The maximum absolute atomic E-state index is 11.3. The van der Waals surface area contributed by atoms with Crippen molar-refractivity contribution in [2.24, 2.45) is 0 Å². The van der Waals surface area contributed by atoms with Crippen LogP contribution in [0, 0.1) is 0 Å². The second kappa shape index (κ2) is 6.26. The lowest BCUT2D eigenvalue weighted by molar-refractivity contribution is 0.0337. The van der Waals surface area contributed by atoms with E-state index >= 15 is 0 Å². The number of rotatable bonds is 4. The molecule has 1 aromatic rings. The van der Waals surface area contributed by atoms with Gasteiger partial charge in [-0.2, -0.15) is 12.6 Å². The van der Waals surface area contributed by atoms with Crippen LogP contribution < -0.4 is 0 Å². The molecule has 1 aromatic carbocycles. The number of ether oxygens (including phenoxy) is 1. The molecule has 6 heteroatoms. The zero-order chi connectivity index (χ0) is 13.0. The number of carbonyl (C=O) groups excluding carboxylic acids is 1. The Kier molecular flexibility index (Phi) is 5.27. The number of hydrogen-bond acceptors (Lipinski definition) is 5. The van der Waals surface area contributed by atoms with Gasteiger partial charge in [-0.15, -0.1) is 0 Å². The molecule has 0 radical (unpaired) electrons. The van der Waals surface area contributed by atoms with Gasteiger partial charge < -0.3 is 14.9 Å².